The van der Waals surface area contributed by atoms with Gasteiger partial charge < -0.3 is 10.2 Å². The zero-order chi connectivity index (χ0) is 30.8. The average Bonchev–Trinajstić information content (AvgIpc) is 3.57. The maximum atomic E-state index is 13.1. The van der Waals surface area contributed by atoms with Gasteiger partial charge in [0.15, 0.2) is 9.84 Å². The second kappa shape index (κ2) is 12.2. The summed E-state index contributed by atoms with van der Waals surface area (Å²) in [4.78, 5) is 26.3. The van der Waals surface area contributed by atoms with Crippen LogP contribution in [0.1, 0.15) is 22.9 Å². The Morgan fingerprint density at radius 3 is 2.10 bits per heavy atom. The molecule has 0 spiro atoms. The van der Waals surface area contributed by atoms with Crippen molar-refractivity contribution in [2.24, 2.45) is 0 Å². The molecule has 2 unspecified atom stereocenters. The molecule has 4 heterocycles. The Morgan fingerprint density at radius 2 is 1.59 bits per heavy atom. The fourth-order valence-electron chi connectivity index (χ4n) is 4.37. The summed E-state index contributed by atoms with van der Waals surface area (Å²) in [6, 6.07) is 16.0. The summed E-state index contributed by atoms with van der Waals surface area (Å²) in [6.45, 7) is 4.02. The number of carboxylic acids is 2. The Morgan fingerprint density at radius 1 is 0.976 bits per heavy atom. The van der Waals surface area contributed by atoms with Crippen LogP contribution in [0.2, 0.25) is 0 Å². The average molecular weight is 625 g/mol. The highest BCUT2D eigenvalue weighted by Crippen LogP contribution is 2.46. The Hall–Kier alpha value is -3.50. The van der Waals surface area contributed by atoms with E-state index >= 15 is 0 Å². The van der Waals surface area contributed by atoms with Crippen molar-refractivity contribution in [3.05, 3.63) is 70.9 Å². The molecule has 8 nitrogen and oxygen atoms in total. The minimum absolute atomic E-state index is 0.0507. The van der Waals surface area contributed by atoms with Gasteiger partial charge in [0.05, 0.1) is 15.8 Å². The van der Waals surface area contributed by atoms with Gasteiger partial charge in [0, 0.05) is 36.1 Å². The number of fused-ring (bicyclic) bond motifs is 3. The van der Waals surface area contributed by atoms with E-state index < -0.39 is 34.1 Å². The van der Waals surface area contributed by atoms with Gasteiger partial charge in [0.1, 0.15) is 0 Å². The minimum Gasteiger partial charge on any atom is -0.475 e. The van der Waals surface area contributed by atoms with Crippen molar-refractivity contribution in [2.75, 3.05) is 13.1 Å². The molecule has 2 aromatic heterocycles. The minimum atomic E-state index is -5.08. The molecule has 222 valence electrons. The van der Waals surface area contributed by atoms with Crippen LogP contribution >= 0.6 is 11.3 Å². The SMILES string of the molecule is Cc1cccc(CN2CC3c4cc(-c5cccs5)ccc4S(=O)(=O)C3C2)n1.O=C(O)C(F)(F)F.O=C(O)C(F)(F)F. The van der Waals surface area contributed by atoms with Gasteiger partial charge in [-0.1, -0.05) is 18.2 Å². The zero-order valence-corrected chi connectivity index (χ0v) is 22.6. The fourth-order valence-corrected chi connectivity index (χ4v) is 7.29. The molecule has 3 aromatic rings. The number of alkyl halides is 6. The Bertz CT molecular complexity index is 1480. The van der Waals surface area contributed by atoms with Crippen LogP contribution in [-0.2, 0) is 26.0 Å². The lowest BCUT2D eigenvalue weighted by molar-refractivity contribution is -0.193. The molecule has 2 N–H and O–H groups in total. The first kappa shape index (κ1) is 32.0. The van der Waals surface area contributed by atoms with E-state index in [0.717, 1.165) is 29.1 Å². The monoisotopic (exact) mass is 624 g/mol. The van der Waals surface area contributed by atoms with Crippen LogP contribution in [0.15, 0.2) is 58.8 Å². The van der Waals surface area contributed by atoms with Crippen LogP contribution in [0.5, 0.6) is 0 Å². The van der Waals surface area contributed by atoms with Crippen LogP contribution < -0.4 is 0 Å². The molecule has 1 fully saturated rings. The number of pyridine rings is 1. The Kier molecular flexibility index (Phi) is 9.50. The number of halogens is 6. The van der Waals surface area contributed by atoms with Crippen molar-refractivity contribution in [2.45, 2.75) is 41.9 Å². The number of hydrogen-bond donors (Lipinski definition) is 2. The smallest absolute Gasteiger partial charge is 0.475 e. The highest BCUT2D eigenvalue weighted by molar-refractivity contribution is 7.92. The molecular formula is C25H22F6N2O6S2. The molecule has 2 atom stereocenters. The lowest BCUT2D eigenvalue weighted by Gasteiger charge is -2.17. The Balaban J connectivity index is 0.000000276. The maximum Gasteiger partial charge on any atom is 0.490 e. The fraction of sp³-hybridized carbons (Fsp3) is 0.320. The number of thiophene rings is 1. The molecule has 41 heavy (non-hydrogen) atoms. The molecule has 0 saturated carbocycles. The number of likely N-dealkylation sites (tertiary alicyclic amines) is 1. The molecule has 0 radical (unpaired) electrons. The largest absolute Gasteiger partial charge is 0.490 e. The van der Waals surface area contributed by atoms with E-state index in [0.29, 0.717) is 18.0 Å². The number of hydrogen-bond acceptors (Lipinski definition) is 7. The van der Waals surface area contributed by atoms with Gasteiger partial charge in [-0.05, 0) is 53.8 Å². The van der Waals surface area contributed by atoms with Crippen LogP contribution in [0, 0.1) is 6.92 Å². The lowest BCUT2D eigenvalue weighted by atomic mass is 9.96. The summed E-state index contributed by atoms with van der Waals surface area (Å²) in [5.41, 5.74) is 4.09. The topological polar surface area (TPSA) is 125 Å². The van der Waals surface area contributed by atoms with E-state index in [1.807, 2.05) is 48.7 Å². The van der Waals surface area contributed by atoms with Gasteiger partial charge in [-0.2, -0.15) is 26.3 Å². The second-order valence-corrected chi connectivity index (χ2v) is 12.1. The third-order valence-corrected chi connectivity index (χ3v) is 9.26. The van der Waals surface area contributed by atoms with Gasteiger partial charge in [-0.25, -0.2) is 18.0 Å². The molecule has 2 aliphatic heterocycles. The van der Waals surface area contributed by atoms with Crippen LogP contribution in [0.3, 0.4) is 0 Å². The van der Waals surface area contributed by atoms with E-state index in [4.69, 9.17) is 19.8 Å². The molecule has 1 saturated heterocycles. The number of aliphatic carboxylic acids is 2. The van der Waals surface area contributed by atoms with Crippen LogP contribution in [-0.4, -0.2) is 71.1 Å². The number of carbonyl (C=O) groups is 2. The molecule has 5 rings (SSSR count). The van der Waals surface area contributed by atoms with Gasteiger partial charge in [-0.15, -0.1) is 11.3 Å². The first-order chi connectivity index (χ1) is 18.9. The summed E-state index contributed by atoms with van der Waals surface area (Å²) in [5, 5.41) is 16.0. The molecule has 2 aliphatic rings. The molecular weight excluding hydrogens is 602 g/mol. The Labute approximate surface area is 233 Å². The summed E-state index contributed by atoms with van der Waals surface area (Å²) >= 11 is 1.68. The quantitative estimate of drug-likeness (QED) is 0.384. The highest BCUT2D eigenvalue weighted by atomic mass is 32.2. The predicted molar refractivity (Wildman–Crippen MR) is 135 cm³/mol. The van der Waals surface area contributed by atoms with E-state index in [-0.39, 0.29) is 11.2 Å². The first-order valence-corrected chi connectivity index (χ1v) is 14.0. The van der Waals surface area contributed by atoms with Crippen molar-refractivity contribution in [3.63, 3.8) is 0 Å². The number of aromatic nitrogens is 1. The summed E-state index contributed by atoms with van der Waals surface area (Å²) in [5.74, 6) is -5.46. The van der Waals surface area contributed by atoms with E-state index in [9.17, 15) is 34.8 Å². The second-order valence-electron chi connectivity index (χ2n) is 8.99. The van der Waals surface area contributed by atoms with Crippen molar-refractivity contribution >= 4 is 33.1 Å². The van der Waals surface area contributed by atoms with Gasteiger partial charge >= 0.3 is 24.3 Å². The first-order valence-electron chi connectivity index (χ1n) is 11.6. The van der Waals surface area contributed by atoms with Gasteiger partial charge in [-0.3, -0.25) is 9.88 Å². The summed E-state index contributed by atoms with van der Waals surface area (Å²) in [6.07, 6.45) is -10.2. The van der Waals surface area contributed by atoms with Crippen molar-refractivity contribution < 1.29 is 54.6 Å². The predicted octanol–water partition coefficient (Wildman–Crippen LogP) is 5.14. The number of carboxylic acid groups (broad SMARTS) is 2. The molecule has 0 amide bonds. The molecule has 16 heteroatoms. The van der Waals surface area contributed by atoms with Crippen molar-refractivity contribution in [3.8, 4) is 10.4 Å². The summed E-state index contributed by atoms with van der Waals surface area (Å²) in [7, 11) is -3.26. The van der Waals surface area contributed by atoms with E-state index in [1.54, 1.807) is 11.3 Å². The third-order valence-electron chi connectivity index (χ3n) is 6.08. The number of rotatable bonds is 3. The number of benzene rings is 1. The lowest BCUT2D eigenvalue weighted by Crippen LogP contribution is -2.26. The third kappa shape index (κ3) is 7.83. The zero-order valence-electron chi connectivity index (χ0n) is 21.0. The maximum absolute atomic E-state index is 13.1. The van der Waals surface area contributed by atoms with Crippen LogP contribution in [0.4, 0.5) is 26.3 Å². The number of sulfone groups is 1. The van der Waals surface area contributed by atoms with Crippen LogP contribution in [0.25, 0.3) is 10.4 Å². The molecule has 0 bridgehead atoms. The number of aryl methyl sites for hydroxylation is 1. The standard InChI is InChI=1S/C21H20N2O2S2.2C2HF3O2/c1-14-4-2-5-16(22-14)11-23-12-18-17-10-15(19-6-3-9-26-19)7-8-20(17)27(24,25)21(18)13-23;2*3-2(4,5)1(6)7/h2-10,18,21H,11-13H2,1H3;2*(H,6,7). The number of nitrogens with zero attached hydrogens (tertiary/aromatic N) is 2. The van der Waals surface area contributed by atoms with Gasteiger partial charge in [0.25, 0.3) is 0 Å². The van der Waals surface area contributed by atoms with Gasteiger partial charge in [0.2, 0.25) is 0 Å². The highest BCUT2D eigenvalue weighted by Gasteiger charge is 2.50. The molecule has 1 aromatic carbocycles. The normalized spacial score (nSPS) is 19.2. The van der Waals surface area contributed by atoms with Crippen molar-refractivity contribution in [1.82, 2.24) is 9.88 Å². The van der Waals surface area contributed by atoms with Crippen molar-refractivity contribution in [1.29, 1.82) is 0 Å². The molecule has 0 aliphatic carbocycles. The summed E-state index contributed by atoms with van der Waals surface area (Å²) < 4.78 is 89.6. The van der Waals surface area contributed by atoms with E-state index in [2.05, 4.69) is 22.0 Å². The van der Waals surface area contributed by atoms with E-state index in [1.165, 1.54) is 4.88 Å².